The van der Waals surface area contributed by atoms with Crippen LogP contribution in [-0.4, -0.2) is 16.1 Å². The predicted octanol–water partition coefficient (Wildman–Crippen LogP) is 2.31. The summed E-state index contributed by atoms with van der Waals surface area (Å²) in [5.41, 5.74) is 4.80. The normalized spacial score (nSPS) is 12.4. The summed E-state index contributed by atoms with van der Waals surface area (Å²) >= 11 is 0.826. The molecular formula is C11H7F3N2O2S. The zero-order valence-corrected chi connectivity index (χ0v) is 10.0. The van der Waals surface area contributed by atoms with Crippen molar-refractivity contribution < 1.29 is 23.1 Å². The quantitative estimate of drug-likeness (QED) is 0.908. The van der Waals surface area contributed by atoms with Crippen LogP contribution in [0, 0.1) is 17.5 Å². The minimum Gasteiger partial charge on any atom is -0.480 e. The molecule has 100 valence electrons. The molecule has 1 aromatic heterocycles. The molecule has 8 heteroatoms. The topological polar surface area (TPSA) is 76.2 Å². The van der Waals surface area contributed by atoms with Gasteiger partial charge in [-0.2, -0.15) is 0 Å². The van der Waals surface area contributed by atoms with E-state index in [1.165, 1.54) is 5.38 Å². The highest BCUT2D eigenvalue weighted by Gasteiger charge is 2.21. The zero-order valence-electron chi connectivity index (χ0n) is 9.23. The summed E-state index contributed by atoms with van der Waals surface area (Å²) in [4.78, 5) is 14.4. The molecule has 0 saturated heterocycles. The number of nitrogens with zero attached hydrogens (tertiary/aromatic N) is 1. The van der Waals surface area contributed by atoms with Gasteiger partial charge in [-0.15, -0.1) is 11.3 Å². The van der Waals surface area contributed by atoms with Gasteiger partial charge in [-0.1, -0.05) is 0 Å². The van der Waals surface area contributed by atoms with Crippen LogP contribution in [0.4, 0.5) is 13.2 Å². The van der Waals surface area contributed by atoms with E-state index >= 15 is 0 Å². The number of hydrogen-bond acceptors (Lipinski definition) is 4. The molecule has 1 unspecified atom stereocenters. The summed E-state index contributed by atoms with van der Waals surface area (Å²) in [7, 11) is 0. The number of hydrogen-bond donors (Lipinski definition) is 2. The second-order valence-corrected chi connectivity index (χ2v) is 4.50. The van der Waals surface area contributed by atoms with Crippen molar-refractivity contribution in [1.29, 1.82) is 0 Å². The molecule has 0 spiro atoms. The van der Waals surface area contributed by atoms with Gasteiger partial charge in [-0.3, -0.25) is 4.79 Å². The Morgan fingerprint density at radius 2 is 1.89 bits per heavy atom. The van der Waals surface area contributed by atoms with Gasteiger partial charge in [0.15, 0.2) is 0 Å². The van der Waals surface area contributed by atoms with Crippen molar-refractivity contribution in [2.45, 2.75) is 6.04 Å². The molecular weight excluding hydrogens is 281 g/mol. The second-order valence-electron chi connectivity index (χ2n) is 3.64. The molecule has 1 atom stereocenters. The van der Waals surface area contributed by atoms with Crippen molar-refractivity contribution in [2.75, 3.05) is 0 Å². The third-order valence-corrected chi connectivity index (χ3v) is 3.21. The smallest absolute Gasteiger partial charge is 0.326 e. The summed E-state index contributed by atoms with van der Waals surface area (Å²) in [6.45, 7) is 0. The summed E-state index contributed by atoms with van der Waals surface area (Å²) < 4.78 is 39.8. The maximum absolute atomic E-state index is 13.5. The van der Waals surface area contributed by atoms with Crippen LogP contribution in [0.2, 0.25) is 0 Å². The number of halogens is 3. The maximum Gasteiger partial charge on any atom is 0.326 e. The Kier molecular flexibility index (Phi) is 3.54. The van der Waals surface area contributed by atoms with Gasteiger partial charge in [-0.25, -0.2) is 18.2 Å². The molecule has 0 aliphatic carbocycles. The van der Waals surface area contributed by atoms with Crippen LogP contribution in [0.25, 0.3) is 10.6 Å². The van der Waals surface area contributed by atoms with Crippen LogP contribution in [-0.2, 0) is 4.79 Å². The van der Waals surface area contributed by atoms with Gasteiger partial charge < -0.3 is 10.8 Å². The first-order chi connectivity index (χ1) is 8.90. The Morgan fingerprint density at radius 1 is 1.32 bits per heavy atom. The fraction of sp³-hybridized carbons (Fsp3) is 0.0909. The molecule has 1 aromatic carbocycles. The Balaban J connectivity index is 2.47. The number of thiazole rings is 1. The average Bonchev–Trinajstić information content (AvgIpc) is 2.75. The van der Waals surface area contributed by atoms with Gasteiger partial charge in [0.1, 0.15) is 28.5 Å². The van der Waals surface area contributed by atoms with Crippen LogP contribution in [0.3, 0.4) is 0 Å². The molecule has 0 aliphatic rings. The third kappa shape index (κ3) is 2.59. The Morgan fingerprint density at radius 3 is 2.42 bits per heavy atom. The van der Waals surface area contributed by atoms with Gasteiger partial charge in [0.2, 0.25) is 0 Å². The maximum atomic E-state index is 13.5. The fourth-order valence-electron chi connectivity index (χ4n) is 1.42. The predicted molar refractivity (Wildman–Crippen MR) is 62.0 cm³/mol. The van der Waals surface area contributed by atoms with E-state index in [9.17, 15) is 18.0 Å². The Hall–Kier alpha value is -1.93. The van der Waals surface area contributed by atoms with Crippen molar-refractivity contribution in [3.63, 3.8) is 0 Å². The van der Waals surface area contributed by atoms with Crippen LogP contribution in [0.1, 0.15) is 11.7 Å². The number of carboxylic acid groups (broad SMARTS) is 1. The first-order valence-electron chi connectivity index (χ1n) is 4.99. The van der Waals surface area contributed by atoms with E-state index in [1.807, 2.05) is 0 Å². The van der Waals surface area contributed by atoms with Crippen LogP contribution >= 0.6 is 11.3 Å². The highest BCUT2D eigenvalue weighted by molar-refractivity contribution is 7.13. The van der Waals surface area contributed by atoms with E-state index < -0.39 is 35.0 Å². The molecule has 0 fully saturated rings. The average molecular weight is 288 g/mol. The molecule has 0 radical (unpaired) electrons. The first-order valence-corrected chi connectivity index (χ1v) is 5.87. The zero-order chi connectivity index (χ0) is 14.2. The minimum absolute atomic E-state index is 0.0179. The highest BCUT2D eigenvalue weighted by Crippen LogP contribution is 2.30. The molecule has 0 amide bonds. The van der Waals surface area contributed by atoms with Gasteiger partial charge in [-0.05, 0) is 0 Å². The van der Waals surface area contributed by atoms with E-state index in [-0.39, 0.29) is 10.7 Å². The molecule has 2 rings (SSSR count). The minimum atomic E-state index is -1.38. The number of carboxylic acids is 1. The van der Waals surface area contributed by atoms with Crippen LogP contribution in [0.15, 0.2) is 17.5 Å². The number of nitrogens with two attached hydrogens (primary N) is 1. The van der Waals surface area contributed by atoms with Crippen molar-refractivity contribution in [1.82, 2.24) is 4.98 Å². The van der Waals surface area contributed by atoms with Crippen molar-refractivity contribution in [3.05, 3.63) is 40.7 Å². The van der Waals surface area contributed by atoms with Gasteiger partial charge in [0.25, 0.3) is 0 Å². The van der Waals surface area contributed by atoms with Gasteiger partial charge >= 0.3 is 5.97 Å². The lowest BCUT2D eigenvalue weighted by Crippen LogP contribution is -2.20. The second kappa shape index (κ2) is 4.98. The largest absolute Gasteiger partial charge is 0.480 e. The number of aromatic nitrogens is 1. The lowest BCUT2D eigenvalue weighted by molar-refractivity contribution is -0.138. The summed E-state index contributed by atoms with van der Waals surface area (Å²) in [5, 5.41) is 9.90. The monoisotopic (exact) mass is 288 g/mol. The Labute approximate surface area is 109 Å². The fourth-order valence-corrected chi connectivity index (χ4v) is 2.32. The number of aliphatic carboxylic acids is 1. The summed E-state index contributed by atoms with van der Waals surface area (Å²) in [6, 6.07) is -0.329. The van der Waals surface area contributed by atoms with E-state index in [2.05, 4.69) is 4.98 Å². The SMILES string of the molecule is NC(C(=O)O)c1csc(-c2c(F)cc(F)cc2F)n1. The highest BCUT2D eigenvalue weighted by atomic mass is 32.1. The number of rotatable bonds is 3. The molecule has 0 aliphatic heterocycles. The number of benzene rings is 1. The molecule has 0 bridgehead atoms. The molecule has 0 saturated carbocycles. The van der Waals surface area contributed by atoms with Crippen LogP contribution < -0.4 is 5.73 Å². The van der Waals surface area contributed by atoms with Crippen molar-refractivity contribution in [2.24, 2.45) is 5.73 Å². The van der Waals surface area contributed by atoms with Gasteiger partial charge in [0, 0.05) is 17.5 Å². The number of carbonyl (C=O) groups is 1. The van der Waals surface area contributed by atoms with Gasteiger partial charge in [0.05, 0.1) is 11.3 Å². The lowest BCUT2D eigenvalue weighted by atomic mass is 10.2. The van der Waals surface area contributed by atoms with E-state index in [4.69, 9.17) is 10.8 Å². The van der Waals surface area contributed by atoms with Crippen LogP contribution in [0.5, 0.6) is 0 Å². The summed E-state index contributed by atoms with van der Waals surface area (Å²) in [5.74, 6) is -4.57. The van der Waals surface area contributed by atoms with E-state index in [0.29, 0.717) is 12.1 Å². The lowest BCUT2D eigenvalue weighted by Gasteiger charge is -2.03. The molecule has 19 heavy (non-hydrogen) atoms. The Bertz CT molecular complexity index is 622. The molecule has 3 N–H and O–H groups in total. The molecule has 2 aromatic rings. The third-order valence-electron chi connectivity index (χ3n) is 2.33. The van der Waals surface area contributed by atoms with E-state index in [1.54, 1.807) is 0 Å². The standard InChI is InChI=1S/C11H7F3N2O2S/c12-4-1-5(13)8(6(14)2-4)10-16-7(3-19-10)9(15)11(17)18/h1-3,9H,15H2,(H,17,18). The first kappa shape index (κ1) is 13.5. The van der Waals surface area contributed by atoms with Crippen molar-refractivity contribution in [3.8, 4) is 10.6 Å². The molecule has 1 heterocycles. The molecule has 4 nitrogen and oxygen atoms in total. The van der Waals surface area contributed by atoms with E-state index in [0.717, 1.165) is 11.3 Å². The summed E-state index contributed by atoms with van der Waals surface area (Å²) in [6.07, 6.45) is 0. The van der Waals surface area contributed by atoms with Crippen molar-refractivity contribution >= 4 is 17.3 Å².